The van der Waals surface area contributed by atoms with Gasteiger partial charge in [0.15, 0.2) is 0 Å². The summed E-state index contributed by atoms with van der Waals surface area (Å²) in [4.78, 5) is 17.4. The van der Waals surface area contributed by atoms with Gasteiger partial charge < -0.3 is 0 Å². The molecule has 0 unspecified atom stereocenters. The van der Waals surface area contributed by atoms with E-state index in [-0.39, 0.29) is 21.1 Å². The zero-order chi connectivity index (χ0) is 20.2. The Morgan fingerprint density at radius 2 is 0.839 bits per heavy atom. The van der Waals surface area contributed by atoms with E-state index in [1.807, 2.05) is 60.9 Å². The average Bonchev–Trinajstić information content (AvgIpc) is 2.85. The number of hydrogen-bond donors (Lipinski definition) is 0. The largest absolute Gasteiger partial charge is 0.256 e. The zero-order valence-electron chi connectivity index (χ0n) is 16.5. The Morgan fingerprint density at radius 1 is 0.387 bits per heavy atom. The quantitative estimate of drug-likeness (QED) is 0.221. The van der Waals surface area contributed by atoms with Gasteiger partial charge in [0.2, 0.25) is 0 Å². The molecule has 152 valence electrons. The van der Waals surface area contributed by atoms with E-state index >= 15 is 0 Å². The number of aromatic nitrogens is 4. The van der Waals surface area contributed by atoms with Crippen molar-refractivity contribution in [3.63, 3.8) is 0 Å². The van der Waals surface area contributed by atoms with Gasteiger partial charge in [-0.1, -0.05) is 48.5 Å². The molecular formula is C26H18N4Pt. The Labute approximate surface area is 194 Å². The SMILES string of the molecule is [Pt].c1ccc(-c2ccccn2)nc1.c1cnc2c(c1)ccc1ccc3cccnc3c12. The summed E-state index contributed by atoms with van der Waals surface area (Å²) >= 11 is 0. The first-order valence-electron chi connectivity index (χ1n) is 9.74. The van der Waals surface area contributed by atoms with Crippen molar-refractivity contribution in [3.05, 3.63) is 110 Å². The second-order valence-corrected chi connectivity index (χ2v) is 6.81. The summed E-state index contributed by atoms with van der Waals surface area (Å²) in [7, 11) is 0. The zero-order valence-corrected chi connectivity index (χ0v) is 18.8. The minimum Gasteiger partial charge on any atom is -0.256 e. The molecule has 4 aromatic heterocycles. The summed E-state index contributed by atoms with van der Waals surface area (Å²) in [6, 6.07) is 28.2. The van der Waals surface area contributed by atoms with Crippen LogP contribution < -0.4 is 0 Å². The van der Waals surface area contributed by atoms with E-state index in [4.69, 9.17) is 0 Å². The summed E-state index contributed by atoms with van der Waals surface area (Å²) in [6.45, 7) is 0. The van der Waals surface area contributed by atoms with Gasteiger partial charge >= 0.3 is 0 Å². The van der Waals surface area contributed by atoms with Crippen molar-refractivity contribution in [1.29, 1.82) is 0 Å². The fourth-order valence-electron chi connectivity index (χ4n) is 3.52. The Balaban J connectivity index is 0.000000156. The van der Waals surface area contributed by atoms with E-state index in [0.717, 1.165) is 38.6 Å². The first kappa shape index (κ1) is 20.8. The van der Waals surface area contributed by atoms with Gasteiger partial charge in [0.05, 0.1) is 22.4 Å². The Hall–Kier alpha value is -3.49. The molecular weight excluding hydrogens is 563 g/mol. The van der Waals surface area contributed by atoms with Gasteiger partial charge in [0.1, 0.15) is 0 Å². The molecule has 6 aromatic rings. The van der Waals surface area contributed by atoms with Crippen molar-refractivity contribution in [2.24, 2.45) is 0 Å². The fraction of sp³-hybridized carbons (Fsp3) is 0. The van der Waals surface area contributed by atoms with Gasteiger partial charge in [0.25, 0.3) is 0 Å². The van der Waals surface area contributed by atoms with Gasteiger partial charge in [-0.3, -0.25) is 19.9 Å². The molecule has 0 fully saturated rings. The van der Waals surface area contributed by atoms with Crippen LogP contribution in [0.3, 0.4) is 0 Å². The van der Waals surface area contributed by atoms with Crippen LogP contribution in [0.25, 0.3) is 44.0 Å². The molecule has 0 spiro atoms. The van der Waals surface area contributed by atoms with Crippen LogP contribution in [0, 0.1) is 0 Å². The third-order valence-corrected chi connectivity index (χ3v) is 4.92. The van der Waals surface area contributed by atoms with Crippen molar-refractivity contribution in [2.75, 3.05) is 0 Å². The molecule has 5 heteroatoms. The normalized spacial score (nSPS) is 10.3. The molecule has 4 heterocycles. The summed E-state index contributed by atoms with van der Waals surface area (Å²) in [5.74, 6) is 0. The third kappa shape index (κ3) is 4.35. The van der Waals surface area contributed by atoms with E-state index in [2.05, 4.69) is 56.3 Å². The molecule has 0 N–H and O–H groups in total. The molecule has 2 aromatic carbocycles. The summed E-state index contributed by atoms with van der Waals surface area (Å²) < 4.78 is 0. The molecule has 0 amide bonds. The predicted octanol–water partition coefficient (Wildman–Crippen LogP) is 6.08. The number of benzene rings is 2. The van der Waals surface area contributed by atoms with E-state index in [9.17, 15) is 0 Å². The topological polar surface area (TPSA) is 51.6 Å². The minimum atomic E-state index is 0. The second-order valence-electron chi connectivity index (χ2n) is 6.81. The van der Waals surface area contributed by atoms with Gasteiger partial charge in [-0.2, -0.15) is 0 Å². The van der Waals surface area contributed by atoms with Crippen LogP contribution in [0.2, 0.25) is 0 Å². The van der Waals surface area contributed by atoms with Gasteiger partial charge in [-0.05, 0) is 41.8 Å². The number of rotatable bonds is 1. The molecule has 31 heavy (non-hydrogen) atoms. The van der Waals surface area contributed by atoms with Crippen LogP contribution >= 0.6 is 0 Å². The van der Waals surface area contributed by atoms with Crippen LogP contribution in [0.15, 0.2) is 110 Å². The average molecular weight is 582 g/mol. The molecule has 4 nitrogen and oxygen atoms in total. The number of fused-ring (bicyclic) bond motifs is 5. The third-order valence-electron chi connectivity index (χ3n) is 4.92. The predicted molar refractivity (Wildman–Crippen MR) is 122 cm³/mol. The number of nitrogens with zero attached hydrogens (tertiary/aromatic N) is 4. The molecule has 0 saturated carbocycles. The monoisotopic (exact) mass is 581 g/mol. The molecule has 0 atom stereocenters. The molecule has 0 saturated heterocycles. The van der Waals surface area contributed by atoms with E-state index in [1.54, 1.807) is 12.4 Å². The maximum absolute atomic E-state index is 4.52. The molecule has 0 radical (unpaired) electrons. The van der Waals surface area contributed by atoms with Crippen molar-refractivity contribution < 1.29 is 21.1 Å². The first-order chi connectivity index (χ1) is 14.9. The van der Waals surface area contributed by atoms with Crippen molar-refractivity contribution in [1.82, 2.24) is 19.9 Å². The van der Waals surface area contributed by atoms with E-state index in [0.29, 0.717) is 0 Å². The number of pyridine rings is 4. The van der Waals surface area contributed by atoms with Crippen molar-refractivity contribution in [3.8, 4) is 11.4 Å². The fourth-order valence-corrected chi connectivity index (χ4v) is 3.52. The number of hydrogen-bond acceptors (Lipinski definition) is 4. The Bertz CT molecular complexity index is 1330. The first-order valence-corrected chi connectivity index (χ1v) is 9.74. The Morgan fingerprint density at radius 3 is 1.29 bits per heavy atom. The molecule has 6 rings (SSSR count). The van der Waals surface area contributed by atoms with Crippen LogP contribution in [-0.4, -0.2) is 19.9 Å². The maximum atomic E-state index is 4.52. The molecule has 0 bridgehead atoms. The van der Waals surface area contributed by atoms with Crippen LogP contribution in [0.4, 0.5) is 0 Å². The maximum Gasteiger partial charge on any atom is 0.0886 e. The molecule has 0 aliphatic carbocycles. The summed E-state index contributed by atoms with van der Waals surface area (Å²) in [5.41, 5.74) is 3.88. The van der Waals surface area contributed by atoms with Crippen LogP contribution in [-0.2, 0) is 21.1 Å². The standard InChI is InChI=1S/C16H10N2.C10H8N2.Pt/c1-3-12-7-5-11-6-8-13-4-2-10-18-16(13)14(11)15(12)17-9-1;1-3-7-11-9(5-1)10-6-2-4-8-12-10;/h1-10H;1-8H;. The van der Waals surface area contributed by atoms with E-state index in [1.165, 1.54) is 5.39 Å². The van der Waals surface area contributed by atoms with Crippen molar-refractivity contribution in [2.45, 2.75) is 0 Å². The van der Waals surface area contributed by atoms with Crippen LogP contribution in [0.5, 0.6) is 0 Å². The Kier molecular flexibility index (Phi) is 6.39. The van der Waals surface area contributed by atoms with Crippen molar-refractivity contribution >= 4 is 32.6 Å². The second kappa shape index (κ2) is 9.55. The van der Waals surface area contributed by atoms with Gasteiger partial charge in [-0.15, -0.1) is 0 Å². The van der Waals surface area contributed by atoms with Crippen LogP contribution in [0.1, 0.15) is 0 Å². The molecule has 0 aliphatic heterocycles. The van der Waals surface area contributed by atoms with Gasteiger partial charge in [0, 0.05) is 62.0 Å². The summed E-state index contributed by atoms with van der Waals surface area (Å²) in [6.07, 6.45) is 7.21. The smallest absolute Gasteiger partial charge is 0.0886 e. The molecule has 0 aliphatic rings. The van der Waals surface area contributed by atoms with E-state index < -0.39 is 0 Å². The summed E-state index contributed by atoms with van der Waals surface area (Å²) in [5, 5.41) is 4.64. The minimum absolute atomic E-state index is 0. The van der Waals surface area contributed by atoms with Gasteiger partial charge in [-0.25, -0.2) is 0 Å².